The predicted molar refractivity (Wildman–Crippen MR) is 127 cm³/mol. The normalized spacial score (nSPS) is 14.8. The Morgan fingerprint density at radius 2 is 1.68 bits per heavy atom. The van der Waals surface area contributed by atoms with Crippen LogP contribution in [0.2, 0.25) is 0 Å². The second-order valence-corrected chi connectivity index (χ2v) is 8.26. The van der Waals surface area contributed by atoms with Gasteiger partial charge < -0.3 is 18.9 Å². The zero-order valence-electron chi connectivity index (χ0n) is 17.8. The molecule has 164 valence electrons. The first-order chi connectivity index (χ1) is 15.0. The molecule has 1 heterocycles. The van der Waals surface area contributed by atoms with Gasteiger partial charge in [0.05, 0.1) is 31.8 Å². The maximum atomic E-state index is 12.2. The molecule has 0 N–H and O–H groups in total. The molecule has 0 bridgehead atoms. The summed E-state index contributed by atoms with van der Waals surface area (Å²) in [5.41, 5.74) is 0.851. The lowest BCUT2D eigenvalue weighted by Crippen LogP contribution is -2.22. The van der Waals surface area contributed by atoms with E-state index in [0.29, 0.717) is 58.5 Å². The van der Waals surface area contributed by atoms with Gasteiger partial charge in [-0.25, -0.2) is 0 Å². The van der Waals surface area contributed by atoms with E-state index in [4.69, 9.17) is 31.2 Å². The van der Waals surface area contributed by atoms with Crippen molar-refractivity contribution in [2.45, 2.75) is 13.3 Å². The molecule has 0 aliphatic carbocycles. The maximum Gasteiger partial charge on any atom is 0.265 e. The summed E-state index contributed by atoms with van der Waals surface area (Å²) in [6.45, 7) is 3.40. The number of thiocarbonyl (C=S) groups is 1. The Morgan fingerprint density at radius 3 is 2.29 bits per heavy atom. The molecule has 6 nitrogen and oxygen atoms in total. The molecule has 1 saturated heterocycles. The summed E-state index contributed by atoms with van der Waals surface area (Å²) in [5.74, 6) is 2.61. The van der Waals surface area contributed by atoms with Crippen LogP contribution in [0.15, 0.2) is 47.4 Å². The summed E-state index contributed by atoms with van der Waals surface area (Å²) in [6.07, 6.45) is 2.51. The number of methoxy groups -OCH3 is 1. The van der Waals surface area contributed by atoms with Gasteiger partial charge in [0.2, 0.25) is 0 Å². The van der Waals surface area contributed by atoms with Gasteiger partial charge in [-0.1, -0.05) is 42.2 Å². The number of rotatable bonds is 10. The van der Waals surface area contributed by atoms with Crippen LogP contribution in [0.3, 0.4) is 0 Å². The van der Waals surface area contributed by atoms with Gasteiger partial charge in [0.1, 0.15) is 4.32 Å². The van der Waals surface area contributed by atoms with Crippen LogP contribution in [0, 0.1) is 0 Å². The number of ether oxygens (including phenoxy) is 4. The number of carbonyl (C=O) groups excluding carboxylic acids is 1. The third-order valence-electron chi connectivity index (χ3n) is 4.42. The van der Waals surface area contributed by atoms with Gasteiger partial charge in [0.25, 0.3) is 5.91 Å². The summed E-state index contributed by atoms with van der Waals surface area (Å²) in [6, 6.07) is 13.2. The number of para-hydroxylation sites is 2. The number of thioether (sulfide) groups is 1. The molecule has 1 aliphatic rings. The average Bonchev–Trinajstić information content (AvgIpc) is 3.01. The Morgan fingerprint density at radius 1 is 1.00 bits per heavy atom. The zero-order chi connectivity index (χ0) is 22.2. The van der Waals surface area contributed by atoms with E-state index in [-0.39, 0.29) is 5.91 Å². The van der Waals surface area contributed by atoms with Gasteiger partial charge >= 0.3 is 0 Å². The third kappa shape index (κ3) is 5.92. The van der Waals surface area contributed by atoms with Gasteiger partial charge in [-0.3, -0.25) is 9.69 Å². The van der Waals surface area contributed by atoms with Crippen molar-refractivity contribution in [2.75, 3.05) is 34.0 Å². The molecule has 1 fully saturated rings. The van der Waals surface area contributed by atoms with Gasteiger partial charge in [-0.05, 0) is 42.8 Å². The van der Waals surface area contributed by atoms with Crippen molar-refractivity contribution in [1.29, 1.82) is 0 Å². The van der Waals surface area contributed by atoms with Crippen LogP contribution in [0.25, 0.3) is 6.08 Å². The van der Waals surface area contributed by atoms with Crippen LogP contribution in [-0.4, -0.2) is 49.1 Å². The first kappa shape index (κ1) is 23.0. The molecule has 0 saturated carbocycles. The molecule has 0 spiro atoms. The minimum absolute atomic E-state index is 0.0941. The highest BCUT2D eigenvalue weighted by atomic mass is 32.2. The molecule has 2 aromatic rings. The highest BCUT2D eigenvalue weighted by Gasteiger charge is 2.28. The SMILES string of the molecule is CCOc1cc(/C=C2/SC(=S)N(C)C2=O)ccc1OCCCOc1ccccc1OC. The molecular formula is C23H25NO5S2. The Balaban J connectivity index is 1.58. The molecule has 0 atom stereocenters. The fraction of sp³-hybridized carbons (Fsp3) is 0.304. The molecule has 8 heteroatoms. The summed E-state index contributed by atoms with van der Waals surface area (Å²) in [5, 5.41) is 0. The fourth-order valence-electron chi connectivity index (χ4n) is 2.86. The van der Waals surface area contributed by atoms with Crippen molar-refractivity contribution in [1.82, 2.24) is 4.90 Å². The van der Waals surface area contributed by atoms with Gasteiger partial charge in [-0.2, -0.15) is 0 Å². The third-order valence-corrected chi connectivity index (χ3v) is 5.91. The van der Waals surface area contributed by atoms with Crippen molar-refractivity contribution >= 4 is 40.3 Å². The van der Waals surface area contributed by atoms with E-state index in [2.05, 4.69) is 0 Å². The maximum absolute atomic E-state index is 12.2. The van der Waals surface area contributed by atoms with E-state index in [9.17, 15) is 4.79 Å². The van der Waals surface area contributed by atoms with Crippen molar-refractivity contribution in [2.24, 2.45) is 0 Å². The van der Waals surface area contributed by atoms with Gasteiger partial charge in [0, 0.05) is 13.5 Å². The van der Waals surface area contributed by atoms with E-state index in [1.807, 2.05) is 55.5 Å². The molecule has 31 heavy (non-hydrogen) atoms. The lowest BCUT2D eigenvalue weighted by Gasteiger charge is -2.13. The Labute approximate surface area is 192 Å². The summed E-state index contributed by atoms with van der Waals surface area (Å²) in [4.78, 5) is 14.3. The summed E-state index contributed by atoms with van der Waals surface area (Å²) in [7, 11) is 3.30. The van der Waals surface area contributed by atoms with E-state index in [0.717, 1.165) is 5.56 Å². The smallest absolute Gasteiger partial charge is 0.265 e. The van der Waals surface area contributed by atoms with E-state index in [1.165, 1.54) is 16.7 Å². The Hall–Kier alpha value is -2.71. The number of nitrogens with zero attached hydrogens (tertiary/aromatic N) is 1. The van der Waals surface area contributed by atoms with E-state index in [1.54, 1.807) is 14.2 Å². The Bertz CT molecular complexity index is 976. The van der Waals surface area contributed by atoms with Crippen LogP contribution in [0.1, 0.15) is 18.9 Å². The number of hydrogen-bond acceptors (Lipinski definition) is 7. The Kier molecular flexibility index (Phi) is 8.20. The van der Waals surface area contributed by atoms with Gasteiger partial charge in [0.15, 0.2) is 23.0 Å². The largest absolute Gasteiger partial charge is 0.493 e. The van der Waals surface area contributed by atoms with Crippen LogP contribution in [-0.2, 0) is 4.79 Å². The molecule has 0 unspecified atom stereocenters. The van der Waals surface area contributed by atoms with Crippen LogP contribution in [0.4, 0.5) is 0 Å². The predicted octanol–water partition coefficient (Wildman–Crippen LogP) is 4.77. The molecule has 3 rings (SSSR count). The van der Waals surface area contributed by atoms with E-state index >= 15 is 0 Å². The number of amides is 1. The first-order valence-electron chi connectivity index (χ1n) is 9.90. The number of likely N-dealkylation sites (N-methyl/N-ethyl adjacent to an activating group) is 1. The average molecular weight is 460 g/mol. The standard InChI is InChI=1S/C23H25NO5S2/c1-4-27-20-14-16(15-21-22(25)24(2)23(30)31-21)10-11-19(20)29-13-7-12-28-18-9-6-5-8-17(18)26-3/h5-6,8-11,14-15H,4,7,12-13H2,1-3H3/b21-15+. The second-order valence-electron chi connectivity index (χ2n) is 6.58. The second kappa shape index (κ2) is 11.1. The lowest BCUT2D eigenvalue weighted by atomic mass is 10.2. The number of benzene rings is 2. The molecule has 1 aliphatic heterocycles. The minimum Gasteiger partial charge on any atom is -0.493 e. The topological polar surface area (TPSA) is 57.2 Å². The number of hydrogen-bond donors (Lipinski definition) is 0. The fourth-order valence-corrected chi connectivity index (χ4v) is 4.04. The quantitative estimate of drug-likeness (QED) is 0.288. The monoisotopic (exact) mass is 459 g/mol. The molecule has 0 radical (unpaired) electrons. The van der Waals surface area contributed by atoms with Crippen molar-refractivity contribution in [3.8, 4) is 23.0 Å². The van der Waals surface area contributed by atoms with Crippen molar-refractivity contribution < 1.29 is 23.7 Å². The van der Waals surface area contributed by atoms with Crippen LogP contribution < -0.4 is 18.9 Å². The van der Waals surface area contributed by atoms with Crippen molar-refractivity contribution in [3.63, 3.8) is 0 Å². The van der Waals surface area contributed by atoms with Crippen LogP contribution in [0.5, 0.6) is 23.0 Å². The zero-order valence-corrected chi connectivity index (χ0v) is 19.4. The minimum atomic E-state index is -0.0941. The number of carbonyl (C=O) groups is 1. The van der Waals surface area contributed by atoms with Crippen molar-refractivity contribution in [3.05, 3.63) is 52.9 Å². The van der Waals surface area contributed by atoms with Crippen LogP contribution >= 0.6 is 24.0 Å². The first-order valence-corrected chi connectivity index (χ1v) is 11.1. The highest BCUT2D eigenvalue weighted by Crippen LogP contribution is 2.34. The highest BCUT2D eigenvalue weighted by molar-refractivity contribution is 8.26. The molecule has 1 amide bonds. The summed E-state index contributed by atoms with van der Waals surface area (Å²) < 4.78 is 23.3. The molecule has 0 aromatic heterocycles. The molecular weight excluding hydrogens is 434 g/mol. The summed E-state index contributed by atoms with van der Waals surface area (Å²) >= 11 is 6.47. The lowest BCUT2D eigenvalue weighted by molar-refractivity contribution is -0.121. The van der Waals surface area contributed by atoms with Gasteiger partial charge in [-0.15, -0.1) is 0 Å². The molecule has 2 aromatic carbocycles. The van der Waals surface area contributed by atoms with E-state index < -0.39 is 0 Å².